The van der Waals surface area contributed by atoms with E-state index in [0.717, 1.165) is 18.2 Å². The SMILES string of the molecule is O=C(O)C=Cc1ccc(C(=O)N2CCOCC2)cc1F. The number of carbonyl (C=O) groups is 2. The Balaban J connectivity index is 2.15. The van der Waals surface area contributed by atoms with E-state index in [1.165, 1.54) is 12.1 Å². The van der Waals surface area contributed by atoms with Crippen LogP contribution in [0.25, 0.3) is 6.08 Å². The summed E-state index contributed by atoms with van der Waals surface area (Å²) in [5, 5.41) is 8.50. The molecule has 0 saturated carbocycles. The maximum atomic E-state index is 13.8. The molecule has 0 radical (unpaired) electrons. The third kappa shape index (κ3) is 3.42. The molecule has 0 aliphatic carbocycles. The van der Waals surface area contributed by atoms with E-state index in [4.69, 9.17) is 9.84 Å². The van der Waals surface area contributed by atoms with Crippen molar-refractivity contribution < 1.29 is 23.8 Å². The molecule has 6 heteroatoms. The summed E-state index contributed by atoms with van der Waals surface area (Å²) in [6.45, 7) is 1.93. The number of hydrogen-bond acceptors (Lipinski definition) is 3. The highest BCUT2D eigenvalue weighted by molar-refractivity contribution is 5.94. The lowest BCUT2D eigenvalue weighted by molar-refractivity contribution is -0.131. The molecule has 2 rings (SSSR count). The summed E-state index contributed by atoms with van der Waals surface area (Å²) >= 11 is 0. The lowest BCUT2D eigenvalue weighted by Crippen LogP contribution is -2.40. The Bertz CT molecular complexity index is 550. The number of carboxylic acids is 1. The maximum absolute atomic E-state index is 13.8. The number of aliphatic carboxylic acids is 1. The van der Waals surface area contributed by atoms with Crippen molar-refractivity contribution in [2.45, 2.75) is 0 Å². The number of ether oxygens (including phenoxy) is 1. The van der Waals surface area contributed by atoms with Gasteiger partial charge in [-0.15, -0.1) is 0 Å². The van der Waals surface area contributed by atoms with Gasteiger partial charge < -0.3 is 14.7 Å². The van der Waals surface area contributed by atoms with Crippen molar-refractivity contribution in [1.82, 2.24) is 4.90 Å². The topological polar surface area (TPSA) is 66.8 Å². The van der Waals surface area contributed by atoms with Crippen molar-refractivity contribution in [3.8, 4) is 0 Å². The van der Waals surface area contributed by atoms with Gasteiger partial charge in [0.15, 0.2) is 0 Å². The van der Waals surface area contributed by atoms with Crippen molar-refractivity contribution in [3.05, 3.63) is 41.2 Å². The van der Waals surface area contributed by atoms with Crippen LogP contribution in [0, 0.1) is 5.82 Å². The number of amides is 1. The van der Waals surface area contributed by atoms with Crippen LogP contribution in [-0.4, -0.2) is 48.2 Å². The number of halogens is 1. The number of carbonyl (C=O) groups excluding carboxylic acids is 1. The van der Waals surface area contributed by atoms with Gasteiger partial charge in [-0.2, -0.15) is 0 Å². The van der Waals surface area contributed by atoms with E-state index in [9.17, 15) is 14.0 Å². The van der Waals surface area contributed by atoms with Crippen molar-refractivity contribution in [1.29, 1.82) is 0 Å². The van der Waals surface area contributed by atoms with Crippen molar-refractivity contribution >= 4 is 18.0 Å². The molecule has 1 amide bonds. The first-order chi connectivity index (χ1) is 9.58. The molecule has 1 N–H and O–H groups in total. The molecular formula is C14H14FNO4. The monoisotopic (exact) mass is 279 g/mol. The third-order valence-electron chi connectivity index (χ3n) is 2.95. The molecule has 1 heterocycles. The number of carboxylic acid groups (broad SMARTS) is 1. The normalized spacial score (nSPS) is 15.6. The van der Waals surface area contributed by atoms with Gasteiger partial charge >= 0.3 is 5.97 Å². The summed E-state index contributed by atoms with van der Waals surface area (Å²) in [6, 6.07) is 4.00. The zero-order valence-corrected chi connectivity index (χ0v) is 10.7. The molecule has 1 aromatic carbocycles. The Kier molecular flexibility index (Phi) is 4.47. The van der Waals surface area contributed by atoms with E-state index < -0.39 is 11.8 Å². The van der Waals surface area contributed by atoms with Crippen LogP contribution in [0.2, 0.25) is 0 Å². The molecule has 0 spiro atoms. The van der Waals surface area contributed by atoms with Gasteiger partial charge in [0.25, 0.3) is 5.91 Å². The smallest absolute Gasteiger partial charge is 0.328 e. The minimum Gasteiger partial charge on any atom is -0.478 e. The van der Waals surface area contributed by atoms with Gasteiger partial charge in [0.2, 0.25) is 0 Å². The predicted molar refractivity (Wildman–Crippen MR) is 69.8 cm³/mol. The molecule has 0 atom stereocenters. The standard InChI is InChI=1S/C14H14FNO4/c15-12-9-11(2-1-10(12)3-4-13(17)18)14(19)16-5-7-20-8-6-16/h1-4,9H,5-8H2,(H,17,18). The van der Waals surface area contributed by atoms with Gasteiger partial charge in [-0.05, 0) is 18.2 Å². The summed E-state index contributed by atoms with van der Waals surface area (Å²) in [7, 11) is 0. The maximum Gasteiger partial charge on any atom is 0.328 e. The molecular weight excluding hydrogens is 265 g/mol. The first-order valence-corrected chi connectivity index (χ1v) is 6.15. The van der Waals surface area contributed by atoms with Crippen LogP contribution in [0.4, 0.5) is 4.39 Å². The number of hydrogen-bond donors (Lipinski definition) is 1. The zero-order chi connectivity index (χ0) is 14.5. The molecule has 1 aliphatic heterocycles. The average Bonchev–Trinajstić information content (AvgIpc) is 2.46. The van der Waals surface area contributed by atoms with Crippen LogP contribution in [-0.2, 0) is 9.53 Å². The highest BCUT2D eigenvalue weighted by atomic mass is 19.1. The Hall–Kier alpha value is -2.21. The molecule has 106 valence electrons. The van der Waals surface area contributed by atoms with Crippen molar-refractivity contribution in [2.75, 3.05) is 26.3 Å². The molecule has 0 bridgehead atoms. The lowest BCUT2D eigenvalue weighted by atomic mass is 10.1. The first kappa shape index (κ1) is 14.2. The number of morpholine rings is 1. The number of rotatable bonds is 3. The summed E-state index contributed by atoms with van der Waals surface area (Å²) in [4.78, 5) is 24.1. The Morgan fingerprint density at radius 2 is 2.00 bits per heavy atom. The largest absolute Gasteiger partial charge is 0.478 e. The van der Waals surface area contributed by atoms with Gasteiger partial charge in [-0.25, -0.2) is 9.18 Å². The Morgan fingerprint density at radius 1 is 1.30 bits per heavy atom. The van der Waals surface area contributed by atoms with Crippen LogP contribution in [0.5, 0.6) is 0 Å². The highest BCUT2D eigenvalue weighted by Crippen LogP contribution is 2.14. The molecule has 5 nitrogen and oxygen atoms in total. The molecule has 1 aliphatic rings. The Morgan fingerprint density at radius 3 is 2.60 bits per heavy atom. The van der Waals surface area contributed by atoms with Gasteiger partial charge in [0, 0.05) is 30.3 Å². The molecule has 1 saturated heterocycles. The molecule has 0 unspecified atom stereocenters. The van der Waals surface area contributed by atoms with Crippen molar-refractivity contribution in [2.24, 2.45) is 0 Å². The molecule has 20 heavy (non-hydrogen) atoms. The molecule has 0 aromatic heterocycles. The molecule has 1 fully saturated rings. The van der Waals surface area contributed by atoms with E-state index in [1.807, 2.05) is 0 Å². The summed E-state index contributed by atoms with van der Waals surface area (Å²) in [5.41, 5.74) is 0.378. The Labute approximate surface area is 115 Å². The summed E-state index contributed by atoms with van der Waals surface area (Å²) in [6.07, 6.45) is 2.00. The fourth-order valence-electron chi connectivity index (χ4n) is 1.91. The fraction of sp³-hybridized carbons (Fsp3) is 0.286. The van der Waals surface area contributed by atoms with E-state index in [0.29, 0.717) is 26.3 Å². The number of nitrogens with zero attached hydrogens (tertiary/aromatic N) is 1. The van der Waals surface area contributed by atoms with E-state index in [1.54, 1.807) is 4.90 Å². The van der Waals surface area contributed by atoms with Gasteiger partial charge in [-0.1, -0.05) is 6.07 Å². The third-order valence-corrected chi connectivity index (χ3v) is 2.95. The second-order valence-corrected chi connectivity index (χ2v) is 4.31. The van der Waals surface area contributed by atoms with Gasteiger partial charge in [-0.3, -0.25) is 4.79 Å². The minimum atomic E-state index is -1.15. The average molecular weight is 279 g/mol. The van der Waals surface area contributed by atoms with Crippen LogP contribution < -0.4 is 0 Å². The van der Waals surface area contributed by atoms with Crippen LogP contribution in [0.15, 0.2) is 24.3 Å². The highest BCUT2D eigenvalue weighted by Gasteiger charge is 2.19. The second-order valence-electron chi connectivity index (χ2n) is 4.31. The van der Waals surface area contributed by atoms with Crippen LogP contribution in [0.3, 0.4) is 0 Å². The first-order valence-electron chi connectivity index (χ1n) is 6.15. The van der Waals surface area contributed by atoms with Gasteiger partial charge in [0.1, 0.15) is 5.82 Å². The van der Waals surface area contributed by atoms with E-state index in [-0.39, 0.29) is 17.0 Å². The van der Waals surface area contributed by atoms with E-state index in [2.05, 4.69) is 0 Å². The second kappa shape index (κ2) is 6.29. The minimum absolute atomic E-state index is 0.130. The lowest BCUT2D eigenvalue weighted by Gasteiger charge is -2.26. The zero-order valence-electron chi connectivity index (χ0n) is 10.7. The van der Waals surface area contributed by atoms with Crippen LogP contribution in [0.1, 0.15) is 15.9 Å². The number of benzene rings is 1. The fourth-order valence-corrected chi connectivity index (χ4v) is 1.91. The van der Waals surface area contributed by atoms with Crippen molar-refractivity contribution in [3.63, 3.8) is 0 Å². The van der Waals surface area contributed by atoms with Gasteiger partial charge in [0.05, 0.1) is 13.2 Å². The quantitative estimate of drug-likeness (QED) is 0.849. The molecule has 1 aromatic rings. The predicted octanol–water partition coefficient (Wildman–Crippen LogP) is 1.40. The van der Waals surface area contributed by atoms with Crippen LogP contribution >= 0.6 is 0 Å². The summed E-state index contributed by atoms with van der Waals surface area (Å²) in [5.74, 6) is -2.03. The summed E-state index contributed by atoms with van der Waals surface area (Å²) < 4.78 is 18.9. The van der Waals surface area contributed by atoms with E-state index >= 15 is 0 Å².